The predicted octanol–water partition coefficient (Wildman–Crippen LogP) is 2.38. The molecule has 0 radical (unpaired) electrons. The molecule has 1 rings (SSSR count). The molecule has 0 bridgehead atoms. The lowest BCUT2D eigenvalue weighted by Crippen LogP contribution is -2.20. The van der Waals surface area contributed by atoms with Gasteiger partial charge in [-0.2, -0.15) is 0 Å². The molecule has 0 saturated heterocycles. The maximum absolute atomic E-state index is 5.95. The van der Waals surface area contributed by atoms with Crippen LogP contribution in [0.2, 0.25) is 10.0 Å². The molecule has 0 aliphatic rings. The zero-order chi connectivity index (χ0) is 12.7. The van der Waals surface area contributed by atoms with Crippen LogP contribution in [0.5, 0.6) is 0 Å². The fraction of sp³-hybridized carbons (Fsp3) is 0.545. The van der Waals surface area contributed by atoms with Crippen molar-refractivity contribution in [3.8, 4) is 0 Å². The number of rotatable bonds is 7. The quantitative estimate of drug-likeness (QED) is 0.777. The minimum Gasteiger partial charge on any atom is -0.378 e. The Kier molecular flexibility index (Phi) is 6.58. The summed E-state index contributed by atoms with van der Waals surface area (Å²) >= 11 is 11.7. The van der Waals surface area contributed by atoms with Crippen molar-refractivity contribution in [3.63, 3.8) is 0 Å². The first kappa shape index (κ1) is 14.5. The molecule has 0 aromatic carbocycles. The fourth-order valence-electron chi connectivity index (χ4n) is 1.14. The SMILES string of the molecule is CN(C)CCOCCNc1ncc(Cl)cc1Cl. The molecule has 0 fully saturated rings. The molecule has 0 atom stereocenters. The first-order valence-electron chi connectivity index (χ1n) is 5.37. The summed E-state index contributed by atoms with van der Waals surface area (Å²) < 4.78 is 5.43. The molecule has 1 aromatic heterocycles. The van der Waals surface area contributed by atoms with E-state index in [1.54, 1.807) is 12.3 Å². The van der Waals surface area contributed by atoms with Crippen LogP contribution in [0, 0.1) is 0 Å². The maximum atomic E-state index is 5.95. The Hall–Kier alpha value is -0.550. The highest BCUT2D eigenvalue weighted by Gasteiger charge is 2.01. The summed E-state index contributed by atoms with van der Waals surface area (Å²) in [6.07, 6.45) is 1.56. The zero-order valence-corrected chi connectivity index (χ0v) is 11.6. The van der Waals surface area contributed by atoms with E-state index >= 15 is 0 Å². The van der Waals surface area contributed by atoms with Gasteiger partial charge >= 0.3 is 0 Å². The van der Waals surface area contributed by atoms with Crippen LogP contribution in [0.3, 0.4) is 0 Å². The molecule has 0 amide bonds. The molecule has 0 aliphatic heterocycles. The average molecular weight is 278 g/mol. The van der Waals surface area contributed by atoms with E-state index in [0.29, 0.717) is 29.0 Å². The van der Waals surface area contributed by atoms with Crippen molar-refractivity contribution < 1.29 is 4.74 Å². The van der Waals surface area contributed by atoms with E-state index in [9.17, 15) is 0 Å². The second-order valence-corrected chi connectivity index (χ2v) is 4.67. The number of aromatic nitrogens is 1. The summed E-state index contributed by atoms with van der Waals surface area (Å²) in [5.74, 6) is 0.632. The molecular formula is C11H17Cl2N3O. The Morgan fingerprint density at radius 2 is 2.12 bits per heavy atom. The Morgan fingerprint density at radius 1 is 1.35 bits per heavy atom. The van der Waals surface area contributed by atoms with Crippen LogP contribution in [0.15, 0.2) is 12.3 Å². The molecule has 96 valence electrons. The van der Waals surface area contributed by atoms with E-state index in [1.807, 2.05) is 14.1 Å². The van der Waals surface area contributed by atoms with Gasteiger partial charge in [0.25, 0.3) is 0 Å². The van der Waals surface area contributed by atoms with Crippen LogP contribution in [0.1, 0.15) is 0 Å². The molecule has 4 nitrogen and oxygen atoms in total. The summed E-state index contributed by atoms with van der Waals surface area (Å²) in [4.78, 5) is 6.16. The number of hydrogen-bond acceptors (Lipinski definition) is 4. The molecule has 6 heteroatoms. The van der Waals surface area contributed by atoms with Crippen LogP contribution in [-0.4, -0.2) is 50.3 Å². The van der Waals surface area contributed by atoms with Gasteiger partial charge in [-0.15, -0.1) is 0 Å². The molecule has 0 spiro atoms. The van der Waals surface area contributed by atoms with Gasteiger partial charge < -0.3 is 15.0 Å². The molecule has 0 unspecified atom stereocenters. The van der Waals surface area contributed by atoms with Crippen molar-refractivity contribution in [2.75, 3.05) is 45.7 Å². The Morgan fingerprint density at radius 3 is 2.76 bits per heavy atom. The normalized spacial score (nSPS) is 10.9. The number of nitrogens with one attached hydrogen (secondary N) is 1. The molecule has 0 saturated carbocycles. The number of halogens is 2. The predicted molar refractivity (Wildman–Crippen MR) is 72.1 cm³/mol. The maximum Gasteiger partial charge on any atom is 0.144 e. The number of anilines is 1. The molecule has 0 aliphatic carbocycles. The highest BCUT2D eigenvalue weighted by Crippen LogP contribution is 2.21. The third-order valence-corrected chi connectivity index (χ3v) is 2.52. The standard InChI is InChI=1S/C11H17Cl2N3O/c1-16(2)4-6-17-5-3-14-11-10(13)7-9(12)8-15-11/h7-8H,3-6H2,1-2H3,(H,14,15). The fourth-order valence-corrected chi connectivity index (χ4v) is 1.58. The number of nitrogens with zero attached hydrogens (tertiary/aromatic N) is 2. The Labute approximate surface area is 112 Å². The highest BCUT2D eigenvalue weighted by atomic mass is 35.5. The van der Waals surface area contributed by atoms with Crippen LogP contribution < -0.4 is 5.32 Å². The van der Waals surface area contributed by atoms with Gasteiger partial charge in [-0.05, 0) is 20.2 Å². The summed E-state index contributed by atoms with van der Waals surface area (Å²) in [7, 11) is 4.03. The number of pyridine rings is 1. The van der Waals surface area contributed by atoms with Crippen molar-refractivity contribution in [1.82, 2.24) is 9.88 Å². The Balaban J connectivity index is 2.18. The van der Waals surface area contributed by atoms with E-state index < -0.39 is 0 Å². The van der Waals surface area contributed by atoms with Crippen LogP contribution >= 0.6 is 23.2 Å². The van der Waals surface area contributed by atoms with Crippen LogP contribution in [0.4, 0.5) is 5.82 Å². The van der Waals surface area contributed by atoms with E-state index in [0.717, 1.165) is 13.2 Å². The highest BCUT2D eigenvalue weighted by molar-refractivity contribution is 6.35. The first-order valence-corrected chi connectivity index (χ1v) is 6.12. The van der Waals surface area contributed by atoms with Crippen molar-refractivity contribution in [3.05, 3.63) is 22.3 Å². The Bertz CT molecular complexity index is 347. The summed E-state index contributed by atoms with van der Waals surface area (Å²) in [6, 6.07) is 1.66. The molecule has 1 heterocycles. The van der Waals surface area contributed by atoms with Crippen molar-refractivity contribution in [2.24, 2.45) is 0 Å². The van der Waals surface area contributed by atoms with Gasteiger partial charge in [0.15, 0.2) is 0 Å². The van der Waals surface area contributed by atoms with Crippen molar-refractivity contribution in [1.29, 1.82) is 0 Å². The summed E-state index contributed by atoms with van der Waals surface area (Å²) in [6.45, 7) is 2.92. The van der Waals surface area contributed by atoms with Crippen molar-refractivity contribution in [2.45, 2.75) is 0 Å². The minimum atomic E-state index is 0.519. The van der Waals surface area contributed by atoms with Crippen molar-refractivity contribution >= 4 is 29.0 Å². The van der Waals surface area contributed by atoms with Crippen LogP contribution in [0.25, 0.3) is 0 Å². The first-order chi connectivity index (χ1) is 8.09. The van der Waals surface area contributed by atoms with Gasteiger partial charge in [-0.3, -0.25) is 0 Å². The average Bonchev–Trinajstić information content (AvgIpc) is 2.25. The van der Waals surface area contributed by atoms with E-state index in [2.05, 4.69) is 15.2 Å². The number of ether oxygens (including phenoxy) is 1. The smallest absolute Gasteiger partial charge is 0.144 e. The summed E-state index contributed by atoms with van der Waals surface area (Å²) in [5.41, 5.74) is 0. The lowest BCUT2D eigenvalue weighted by atomic mass is 10.4. The molecular weight excluding hydrogens is 261 g/mol. The molecule has 17 heavy (non-hydrogen) atoms. The largest absolute Gasteiger partial charge is 0.378 e. The molecule has 1 aromatic rings. The second-order valence-electron chi connectivity index (χ2n) is 3.83. The topological polar surface area (TPSA) is 37.4 Å². The minimum absolute atomic E-state index is 0.519. The third-order valence-electron chi connectivity index (χ3n) is 2.03. The van der Waals surface area contributed by atoms with E-state index in [4.69, 9.17) is 27.9 Å². The third kappa shape index (κ3) is 6.07. The lowest BCUT2D eigenvalue weighted by Gasteiger charge is -2.11. The summed E-state index contributed by atoms with van der Waals surface area (Å²) in [5, 5.41) is 4.14. The monoisotopic (exact) mass is 277 g/mol. The van der Waals surface area contributed by atoms with Gasteiger partial charge in [0.2, 0.25) is 0 Å². The van der Waals surface area contributed by atoms with Gasteiger partial charge in [-0.25, -0.2) is 4.98 Å². The van der Waals surface area contributed by atoms with Gasteiger partial charge in [0, 0.05) is 19.3 Å². The lowest BCUT2D eigenvalue weighted by molar-refractivity contribution is 0.126. The van der Waals surface area contributed by atoms with E-state index in [1.165, 1.54) is 0 Å². The number of likely N-dealkylation sites (N-methyl/N-ethyl adjacent to an activating group) is 1. The van der Waals surface area contributed by atoms with Gasteiger partial charge in [-0.1, -0.05) is 23.2 Å². The van der Waals surface area contributed by atoms with Gasteiger partial charge in [0.1, 0.15) is 5.82 Å². The van der Waals surface area contributed by atoms with E-state index in [-0.39, 0.29) is 0 Å². The zero-order valence-electron chi connectivity index (χ0n) is 10.0. The number of hydrogen-bond donors (Lipinski definition) is 1. The second kappa shape index (κ2) is 7.71. The van der Waals surface area contributed by atoms with Gasteiger partial charge in [0.05, 0.1) is 23.3 Å². The van der Waals surface area contributed by atoms with Crippen LogP contribution in [-0.2, 0) is 4.74 Å². The molecule has 1 N–H and O–H groups in total.